The minimum Gasteiger partial charge on any atom is -0.399 e. The normalized spacial score (nSPS) is 13.7. The number of hydrogen-bond donors (Lipinski definition) is 0. The third-order valence-corrected chi connectivity index (χ3v) is 1.86. The molecule has 0 spiro atoms. The highest BCUT2D eigenvalue weighted by atomic mass is 16.6. The molecule has 0 saturated heterocycles. The molecule has 0 unspecified atom stereocenters. The van der Waals surface area contributed by atoms with Gasteiger partial charge in [-0.05, 0) is 33.3 Å². The molecule has 0 amide bonds. The van der Waals surface area contributed by atoms with E-state index in [0.29, 0.717) is 18.0 Å². The van der Waals surface area contributed by atoms with Crippen LogP contribution in [-0.2, 0) is 9.68 Å². The SMILES string of the molecule is C=C(C)C(=C\C)/C(=N\OC)C(/C)=N/OCC. The van der Waals surface area contributed by atoms with Gasteiger partial charge in [0.2, 0.25) is 0 Å². The van der Waals surface area contributed by atoms with Crippen molar-refractivity contribution in [3.05, 3.63) is 23.8 Å². The highest BCUT2D eigenvalue weighted by Crippen LogP contribution is 2.11. The minimum atomic E-state index is 0.524. The van der Waals surface area contributed by atoms with Gasteiger partial charge in [-0.15, -0.1) is 0 Å². The van der Waals surface area contributed by atoms with Gasteiger partial charge in [-0.1, -0.05) is 23.0 Å². The molecule has 0 aliphatic carbocycles. The lowest BCUT2D eigenvalue weighted by Gasteiger charge is -2.09. The summed E-state index contributed by atoms with van der Waals surface area (Å²) in [6, 6.07) is 0. The summed E-state index contributed by atoms with van der Waals surface area (Å²) in [6.45, 7) is 11.9. The van der Waals surface area contributed by atoms with E-state index in [1.165, 1.54) is 7.11 Å². The Bertz CT molecular complexity index is 328. The van der Waals surface area contributed by atoms with Crippen molar-refractivity contribution in [2.75, 3.05) is 13.7 Å². The Kier molecular flexibility index (Phi) is 6.92. The molecule has 0 heterocycles. The van der Waals surface area contributed by atoms with E-state index in [-0.39, 0.29) is 0 Å². The fraction of sp³-hybridized carbons (Fsp3) is 0.500. The van der Waals surface area contributed by atoms with Crippen molar-refractivity contribution >= 4 is 11.4 Å². The Morgan fingerprint density at radius 1 is 1.31 bits per heavy atom. The smallest absolute Gasteiger partial charge is 0.134 e. The van der Waals surface area contributed by atoms with Gasteiger partial charge in [-0.3, -0.25) is 0 Å². The van der Waals surface area contributed by atoms with Crippen LogP contribution in [0.15, 0.2) is 34.1 Å². The van der Waals surface area contributed by atoms with Gasteiger partial charge in [-0.2, -0.15) is 0 Å². The predicted molar refractivity (Wildman–Crippen MR) is 67.8 cm³/mol. The monoisotopic (exact) mass is 224 g/mol. The standard InChI is InChI=1S/C12H20N2O2/c1-7-11(9(3)4)12(14-15-6)10(5)13-16-8-2/h7H,3,8H2,1-2,4-6H3/b11-7+,13-10+,14-12-. The number of oxime groups is 2. The molecule has 0 aliphatic heterocycles. The number of allylic oxidation sites excluding steroid dienone is 3. The van der Waals surface area contributed by atoms with Crippen LogP contribution in [0.4, 0.5) is 0 Å². The quantitative estimate of drug-likeness (QED) is 0.395. The number of nitrogens with zero attached hydrogens (tertiary/aromatic N) is 2. The molecule has 0 saturated carbocycles. The molecule has 0 aromatic rings. The molecule has 4 heteroatoms. The first-order chi connectivity index (χ1) is 7.58. The molecule has 4 nitrogen and oxygen atoms in total. The highest BCUT2D eigenvalue weighted by Gasteiger charge is 2.12. The Hall–Kier alpha value is -1.58. The maximum absolute atomic E-state index is 4.99. The Balaban J connectivity index is 5.17. The third kappa shape index (κ3) is 4.29. The summed E-state index contributed by atoms with van der Waals surface area (Å²) < 4.78 is 0. The molecular weight excluding hydrogens is 204 g/mol. The summed E-state index contributed by atoms with van der Waals surface area (Å²) in [5, 5.41) is 7.88. The first-order valence-electron chi connectivity index (χ1n) is 5.19. The van der Waals surface area contributed by atoms with E-state index < -0.39 is 0 Å². The van der Waals surface area contributed by atoms with Crippen LogP contribution < -0.4 is 0 Å². The van der Waals surface area contributed by atoms with E-state index in [9.17, 15) is 0 Å². The zero-order valence-electron chi connectivity index (χ0n) is 10.7. The van der Waals surface area contributed by atoms with Crippen LogP contribution in [0.25, 0.3) is 0 Å². The second-order valence-corrected chi connectivity index (χ2v) is 3.20. The predicted octanol–water partition coefficient (Wildman–Crippen LogP) is 2.92. The van der Waals surface area contributed by atoms with Crippen LogP contribution in [0.5, 0.6) is 0 Å². The first-order valence-corrected chi connectivity index (χ1v) is 5.19. The van der Waals surface area contributed by atoms with E-state index in [1.807, 2.05) is 33.8 Å². The Morgan fingerprint density at radius 2 is 1.94 bits per heavy atom. The van der Waals surface area contributed by atoms with E-state index in [0.717, 1.165) is 11.1 Å². The van der Waals surface area contributed by atoms with E-state index in [4.69, 9.17) is 9.68 Å². The van der Waals surface area contributed by atoms with Gasteiger partial charge in [0.1, 0.15) is 25.1 Å². The fourth-order valence-electron chi connectivity index (χ4n) is 1.19. The van der Waals surface area contributed by atoms with Crippen LogP contribution in [-0.4, -0.2) is 25.1 Å². The van der Waals surface area contributed by atoms with E-state index >= 15 is 0 Å². The van der Waals surface area contributed by atoms with Gasteiger partial charge in [0.15, 0.2) is 0 Å². The molecule has 16 heavy (non-hydrogen) atoms. The van der Waals surface area contributed by atoms with Gasteiger partial charge >= 0.3 is 0 Å². The molecule has 0 fully saturated rings. The van der Waals surface area contributed by atoms with Crippen LogP contribution in [0.3, 0.4) is 0 Å². The van der Waals surface area contributed by atoms with Crippen LogP contribution >= 0.6 is 0 Å². The van der Waals surface area contributed by atoms with E-state index in [2.05, 4.69) is 16.9 Å². The highest BCUT2D eigenvalue weighted by molar-refractivity contribution is 6.48. The van der Waals surface area contributed by atoms with Gasteiger partial charge in [0, 0.05) is 5.57 Å². The largest absolute Gasteiger partial charge is 0.399 e. The van der Waals surface area contributed by atoms with Crippen LogP contribution in [0.2, 0.25) is 0 Å². The Morgan fingerprint density at radius 3 is 2.31 bits per heavy atom. The summed E-state index contributed by atoms with van der Waals surface area (Å²) in [5.41, 5.74) is 3.12. The van der Waals surface area contributed by atoms with Crippen molar-refractivity contribution < 1.29 is 9.68 Å². The zero-order valence-corrected chi connectivity index (χ0v) is 10.7. The molecule has 0 aromatic carbocycles. The van der Waals surface area contributed by atoms with Crippen LogP contribution in [0, 0.1) is 0 Å². The zero-order chi connectivity index (χ0) is 12.6. The lowest BCUT2D eigenvalue weighted by molar-refractivity contribution is 0.159. The summed E-state index contributed by atoms with van der Waals surface area (Å²) in [7, 11) is 1.50. The molecule has 90 valence electrons. The second kappa shape index (κ2) is 7.68. The van der Waals surface area contributed by atoms with Gasteiger partial charge in [0.25, 0.3) is 0 Å². The van der Waals surface area contributed by atoms with Gasteiger partial charge < -0.3 is 9.68 Å². The Labute approximate surface area is 97.3 Å². The number of hydrogen-bond acceptors (Lipinski definition) is 4. The summed E-state index contributed by atoms with van der Waals surface area (Å²) in [6.07, 6.45) is 1.92. The average Bonchev–Trinajstić information content (AvgIpc) is 2.25. The molecule has 0 N–H and O–H groups in total. The van der Waals surface area contributed by atoms with Crippen molar-refractivity contribution in [3.8, 4) is 0 Å². The van der Waals surface area contributed by atoms with Crippen molar-refractivity contribution in [2.45, 2.75) is 27.7 Å². The van der Waals surface area contributed by atoms with Crippen LogP contribution in [0.1, 0.15) is 27.7 Å². The molecule has 0 aliphatic rings. The average molecular weight is 224 g/mol. The summed E-state index contributed by atoms with van der Waals surface area (Å²) >= 11 is 0. The van der Waals surface area contributed by atoms with E-state index in [1.54, 1.807) is 0 Å². The first kappa shape index (κ1) is 14.4. The second-order valence-electron chi connectivity index (χ2n) is 3.20. The molecule has 0 bridgehead atoms. The topological polar surface area (TPSA) is 43.2 Å². The number of rotatable bonds is 6. The van der Waals surface area contributed by atoms with Crippen molar-refractivity contribution in [1.29, 1.82) is 0 Å². The molecule has 0 aromatic heterocycles. The molecular formula is C12H20N2O2. The maximum atomic E-state index is 4.99. The van der Waals surface area contributed by atoms with Gasteiger partial charge in [-0.25, -0.2) is 0 Å². The minimum absolute atomic E-state index is 0.524. The van der Waals surface area contributed by atoms with Crippen molar-refractivity contribution in [3.63, 3.8) is 0 Å². The maximum Gasteiger partial charge on any atom is 0.134 e. The lowest BCUT2D eigenvalue weighted by atomic mass is 10.0. The lowest BCUT2D eigenvalue weighted by Crippen LogP contribution is -2.15. The van der Waals surface area contributed by atoms with Gasteiger partial charge in [0.05, 0.1) is 0 Å². The summed E-state index contributed by atoms with van der Waals surface area (Å²) in [4.78, 5) is 9.80. The van der Waals surface area contributed by atoms with Crippen molar-refractivity contribution in [2.24, 2.45) is 10.3 Å². The molecule has 0 rings (SSSR count). The summed E-state index contributed by atoms with van der Waals surface area (Å²) in [5.74, 6) is 0. The molecule has 0 radical (unpaired) electrons. The third-order valence-electron chi connectivity index (χ3n) is 1.86. The molecule has 0 atom stereocenters. The fourth-order valence-corrected chi connectivity index (χ4v) is 1.19. The van der Waals surface area contributed by atoms with Crippen molar-refractivity contribution in [1.82, 2.24) is 0 Å².